The van der Waals surface area contributed by atoms with Crippen molar-refractivity contribution in [3.8, 4) is 0 Å². The van der Waals surface area contributed by atoms with Crippen LogP contribution in [0.4, 0.5) is 0 Å². The topological polar surface area (TPSA) is 46.0 Å². The van der Waals surface area contributed by atoms with Crippen LogP contribution in [0.1, 0.15) is 30.8 Å². The quantitative estimate of drug-likeness (QED) is 0.685. The van der Waals surface area contributed by atoms with Gasteiger partial charge in [0.15, 0.2) is 0 Å². The van der Waals surface area contributed by atoms with Crippen molar-refractivity contribution in [1.82, 2.24) is 25.2 Å². The average Bonchev–Trinajstić information content (AvgIpc) is 3.15. The van der Waals surface area contributed by atoms with Crippen molar-refractivity contribution in [2.45, 2.75) is 39.9 Å². The Bertz CT molecular complexity index is 494. The number of nitrogens with zero attached hydrogens (tertiary/aromatic N) is 4. The van der Waals surface area contributed by atoms with Crippen molar-refractivity contribution in [3.63, 3.8) is 0 Å². The molecule has 0 aliphatic heterocycles. The maximum absolute atomic E-state index is 4.20. The molecule has 0 bridgehead atoms. The van der Waals surface area contributed by atoms with Gasteiger partial charge < -0.3 is 5.32 Å². The van der Waals surface area contributed by atoms with E-state index < -0.39 is 0 Å². The number of aromatic nitrogens is 3. The lowest BCUT2D eigenvalue weighted by Gasteiger charge is -2.19. The summed E-state index contributed by atoms with van der Waals surface area (Å²) < 4.78 is 1.94. The molecule has 0 radical (unpaired) electrons. The number of thiophene rings is 1. The van der Waals surface area contributed by atoms with Gasteiger partial charge in [-0.2, -0.15) is 0 Å². The molecule has 6 heteroatoms. The molecule has 0 amide bonds. The molecular formula is C15H25N5S. The minimum Gasteiger partial charge on any atom is -0.311 e. The van der Waals surface area contributed by atoms with Crippen molar-refractivity contribution in [2.75, 3.05) is 19.6 Å². The van der Waals surface area contributed by atoms with Crippen LogP contribution < -0.4 is 5.32 Å². The first kappa shape index (κ1) is 16.1. The summed E-state index contributed by atoms with van der Waals surface area (Å²) in [6.07, 6.45) is 3.18. The summed E-state index contributed by atoms with van der Waals surface area (Å²) in [5, 5.41) is 13.9. The molecule has 0 aromatic carbocycles. The molecule has 0 saturated heterocycles. The Morgan fingerprint density at radius 1 is 1.38 bits per heavy atom. The fourth-order valence-corrected chi connectivity index (χ4v) is 2.88. The van der Waals surface area contributed by atoms with E-state index in [-0.39, 0.29) is 0 Å². The zero-order chi connectivity index (χ0) is 14.9. The summed E-state index contributed by atoms with van der Waals surface area (Å²) in [4.78, 5) is 3.85. The Kier molecular flexibility index (Phi) is 6.85. The van der Waals surface area contributed by atoms with Crippen molar-refractivity contribution < 1.29 is 0 Å². The standard InChI is InChI=1S/C15H25N5S/c1-3-7-16-11-14-12-20(18-17-14)9-8-19(4-2)13-15-6-5-10-21-15/h5-6,10,12,16H,3-4,7-9,11,13H2,1-2H3. The number of nitrogens with one attached hydrogen (secondary N) is 1. The lowest BCUT2D eigenvalue weighted by Crippen LogP contribution is -2.26. The van der Waals surface area contributed by atoms with Crippen molar-refractivity contribution in [2.24, 2.45) is 0 Å². The molecule has 0 atom stereocenters. The maximum atomic E-state index is 4.20. The Balaban J connectivity index is 1.75. The monoisotopic (exact) mass is 307 g/mol. The summed E-state index contributed by atoms with van der Waals surface area (Å²) in [5.41, 5.74) is 1.02. The second-order valence-corrected chi connectivity index (χ2v) is 6.13. The number of hydrogen-bond donors (Lipinski definition) is 1. The van der Waals surface area contributed by atoms with Gasteiger partial charge in [-0.25, -0.2) is 0 Å². The lowest BCUT2D eigenvalue weighted by atomic mass is 10.4. The molecule has 116 valence electrons. The lowest BCUT2D eigenvalue weighted by molar-refractivity contribution is 0.264. The zero-order valence-electron chi connectivity index (χ0n) is 13.0. The Morgan fingerprint density at radius 2 is 2.29 bits per heavy atom. The highest BCUT2D eigenvalue weighted by Crippen LogP contribution is 2.11. The molecule has 5 nitrogen and oxygen atoms in total. The Labute approximate surface area is 131 Å². The highest BCUT2D eigenvalue weighted by molar-refractivity contribution is 7.09. The Morgan fingerprint density at radius 3 is 3.00 bits per heavy atom. The van der Waals surface area contributed by atoms with E-state index in [1.807, 2.05) is 22.2 Å². The van der Waals surface area contributed by atoms with Crippen LogP contribution >= 0.6 is 11.3 Å². The first-order chi connectivity index (χ1) is 10.3. The molecule has 0 aliphatic carbocycles. The minimum atomic E-state index is 0.806. The van der Waals surface area contributed by atoms with Gasteiger partial charge >= 0.3 is 0 Å². The SMILES string of the molecule is CCCNCc1cn(CCN(CC)Cc2cccs2)nn1. The molecule has 2 rings (SSSR count). The minimum absolute atomic E-state index is 0.806. The maximum Gasteiger partial charge on any atom is 0.0964 e. The zero-order valence-corrected chi connectivity index (χ0v) is 13.8. The summed E-state index contributed by atoms with van der Waals surface area (Å²) in [6.45, 7) is 10.2. The molecule has 2 aromatic heterocycles. The Hall–Kier alpha value is -1.24. The van der Waals surface area contributed by atoms with Crippen LogP contribution in [-0.4, -0.2) is 39.5 Å². The first-order valence-electron chi connectivity index (χ1n) is 7.66. The highest BCUT2D eigenvalue weighted by Gasteiger charge is 2.06. The number of rotatable bonds is 10. The third-order valence-corrected chi connectivity index (χ3v) is 4.23. The van der Waals surface area contributed by atoms with E-state index in [2.05, 4.69) is 51.9 Å². The van der Waals surface area contributed by atoms with Crippen molar-refractivity contribution >= 4 is 11.3 Å². The van der Waals surface area contributed by atoms with E-state index in [0.29, 0.717) is 0 Å². The van der Waals surface area contributed by atoms with Crippen LogP contribution in [-0.2, 0) is 19.6 Å². The molecule has 0 aliphatic rings. The predicted octanol–water partition coefficient (Wildman–Crippen LogP) is 2.36. The molecule has 0 saturated carbocycles. The van der Waals surface area contributed by atoms with Gasteiger partial charge in [0.2, 0.25) is 0 Å². The van der Waals surface area contributed by atoms with Gasteiger partial charge in [0.1, 0.15) is 0 Å². The fraction of sp³-hybridized carbons (Fsp3) is 0.600. The highest BCUT2D eigenvalue weighted by atomic mass is 32.1. The molecule has 0 fully saturated rings. The van der Waals surface area contributed by atoms with Gasteiger partial charge in [-0.3, -0.25) is 9.58 Å². The van der Waals surface area contributed by atoms with E-state index in [9.17, 15) is 0 Å². The van der Waals surface area contributed by atoms with E-state index in [0.717, 1.165) is 51.4 Å². The van der Waals surface area contributed by atoms with Crippen LogP contribution in [0.15, 0.2) is 23.7 Å². The largest absolute Gasteiger partial charge is 0.311 e. The molecular weight excluding hydrogens is 282 g/mol. The first-order valence-corrected chi connectivity index (χ1v) is 8.54. The average molecular weight is 307 g/mol. The fourth-order valence-electron chi connectivity index (χ4n) is 2.14. The van der Waals surface area contributed by atoms with E-state index in [1.54, 1.807) is 0 Å². The summed E-state index contributed by atoms with van der Waals surface area (Å²) in [5.74, 6) is 0. The van der Waals surface area contributed by atoms with Gasteiger partial charge in [-0.05, 0) is 31.0 Å². The van der Waals surface area contributed by atoms with Gasteiger partial charge in [0, 0.05) is 30.7 Å². The molecule has 1 N–H and O–H groups in total. The van der Waals surface area contributed by atoms with E-state index >= 15 is 0 Å². The molecule has 2 aromatic rings. The van der Waals surface area contributed by atoms with Crippen molar-refractivity contribution in [3.05, 3.63) is 34.3 Å². The van der Waals surface area contributed by atoms with E-state index in [4.69, 9.17) is 0 Å². The number of likely N-dealkylation sites (N-methyl/N-ethyl adjacent to an activating group) is 1. The molecule has 0 spiro atoms. The second-order valence-electron chi connectivity index (χ2n) is 5.10. The smallest absolute Gasteiger partial charge is 0.0964 e. The summed E-state index contributed by atoms with van der Waals surface area (Å²) in [7, 11) is 0. The van der Waals surface area contributed by atoms with E-state index in [1.165, 1.54) is 4.88 Å². The second kappa shape index (κ2) is 8.92. The molecule has 21 heavy (non-hydrogen) atoms. The van der Waals surface area contributed by atoms with Crippen LogP contribution in [0.2, 0.25) is 0 Å². The van der Waals surface area contributed by atoms with Gasteiger partial charge in [-0.1, -0.05) is 25.1 Å². The third kappa shape index (κ3) is 5.57. The van der Waals surface area contributed by atoms with Crippen LogP contribution in [0.3, 0.4) is 0 Å². The van der Waals surface area contributed by atoms with Crippen LogP contribution in [0.5, 0.6) is 0 Å². The third-order valence-electron chi connectivity index (χ3n) is 3.37. The normalized spacial score (nSPS) is 11.4. The summed E-state index contributed by atoms with van der Waals surface area (Å²) >= 11 is 1.82. The van der Waals surface area contributed by atoms with Crippen LogP contribution in [0, 0.1) is 0 Å². The molecule has 2 heterocycles. The molecule has 0 unspecified atom stereocenters. The number of hydrogen-bond acceptors (Lipinski definition) is 5. The van der Waals surface area contributed by atoms with Crippen molar-refractivity contribution in [1.29, 1.82) is 0 Å². The van der Waals surface area contributed by atoms with Gasteiger partial charge in [-0.15, -0.1) is 16.4 Å². The predicted molar refractivity (Wildman–Crippen MR) is 87.3 cm³/mol. The summed E-state index contributed by atoms with van der Waals surface area (Å²) in [6, 6.07) is 4.31. The van der Waals surface area contributed by atoms with Crippen LogP contribution in [0.25, 0.3) is 0 Å². The van der Waals surface area contributed by atoms with Gasteiger partial charge in [0.05, 0.1) is 12.2 Å². The van der Waals surface area contributed by atoms with Gasteiger partial charge in [0.25, 0.3) is 0 Å².